The number of hydrogen-bond acceptors (Lipinski definition) is 5. The van der Waals surface area contributed by atoms with Gasteiger partial charge in [-0.3, -0.25) is 14.6 Å². The minimum absolute atomic E-state index is 0.109. The Morgan fingerprint density at radius 2 is 1.76 bits per heavy atom. The Bertz CT molecular complexity index is 957. The second-order valence-corrected chi connectivity index (χ2v) is 6.57. The average Bonchev–Trinajstić information content (AvgIpc) is 3.05. The molecule has 1 aromatic carbocycles. The predicted octanol–water partition coefficient (Wildman–Crippen LogP) is 2.40. The van der Waals surface area contributed by atoms with E-state index in [0.29, 0.717) is 26.2 Å². The van der Waals surface area contributed by atoms with E-state index < -0.39 is 6.29 Å². The number of amides is 2. The number of benzene rings is 1. The van der Waals surface area contributed by atoms with Gasteiger partial charge in [0.25, 0.3) is 5.91 Å². The summed E-state index contributed by atoms with van der Waals surface area (Å²) in [5.41, 5.74) is 1.05. The van der Waals surface area contributed by atoms with Crippen molar-refractivity contribution in [3.05, 3.63) is 59.9 Å². The number of alkyl halides is 2. The number of aromatic nitrogens is 1. The quantitative estimate of drug-likeness (QED) is 0.739. The topological polar surface area (TPSA) is 72.0 Å². The third-order valence-electron chi connectivity index (χ3n) is 4.63. The van der Waals surface area contributed by atoms with Crippen LogP contribution in [-0.2, 0) is 4.79 Å². The molecule has 0 aliphatic carbocycles. The Hall–Kier alpha value is -3.49. The van der Waals surface area contributed by atoms with Crippen molar-refractivity contribution in [1.82, 2.24) is 14.8 Å². The van der Waals surface area contributed by atoms with E-state index in [0.717, 1.165) is 5.56 Å². The van der Waals surface area contributed by atoms with E-state index in [2.05, 4.69) is 14.5 Å². The van der Waals surface area contributed by atoms with E-state index in [4.69, 9.17) is 0 Å². The first-order valence-electron chi connectivity index (χ1n) is 8.97. The maximum Gasteiger partial charge on any atom is 0.586 e. The van der Waals surface area contributed by atoms with Crippen molar-refractivity contribution < 1.29 is 27.8 Å². The summed E-state index contributed by atoms with van der Waals surface area (Å²) < 4.78 is 35.0. The van der Waals surface area contributed by atoms with Crippen molar-refractivity contribution in [2.45, 2.75) is 6.29 Å². The molecule has 29 heavy (non-hydrogen) atoms. The van der Waals surface area contributed by atoms with Crippen molar-refractivity contribution >= 4 is 17.9 Å². The van der Waals surface area contributed by atoms with Gasteiger partial charge in [0, 0.05) is 50.2 Å². The maximum absolute atomic E-state index is 13.1. The molecule has 0 spiro atoms. The van der Waals surface area contributed by atoms with Gasteiger partial charge in [0.05, 0.1) is 0 Å². The van der Waals surface area contributed by atoms with Crippen LogP contribution in [0.1, 0.15) is 15.9 Å². The average molecular weight is 401 g/mol. The van der Waals surface area contributed by atoms with E-state index in [-0.39, 0.29) is 28.9 Å². The minimum Gasteiger partial charge on any atom is -0.395 e. The van der Waals surface area contributed by atoms with Gasteiger partial charge in [-0.25, -0.2) is 0 Å². The van der Waals surface area contributed by atoms with Crippen molar-refractivity contribution in [1.29, 1.82) is 0 Å². The Morgan fingerprint density at radius 3 is 2.48 bits per heavy atom. The molecule has 150 valence electrons. The number of carbonyl (C=O) groups is 2. The molecule has 3 heterocycles. The van der Waals surface area contributed by atoms with Gasteiger partial charge in [-0.2, -0.15) is 0 Å². The van der Waals surface area contributed by atoms with E-state index >= 15 is 0 Å². The van der Waals surface area contributed by atoms with Gasteiger partial charge in [-0.15, -0.1) is 8.78 Å². The fourth-order valence-electron chi connectivity index (χ4n) is 3.14. The van der Waals surface area contributed by atoms with Crippen molar-refractivity contribution in [2.24, 2.45) is 0 Å². The molecule has 2 aromatic rings. The molecular weight excluding hydrogens is 384 g/mol. The van der Waals surface area contributed by atoms with Crippen LogP contribution in [-0.4, -0.2) is 59.1 Å². The summed E-state index contributed by atoms with van der Waals surface area (Å²) in [6.07, 6.45) is 2.75. The molecule has 0 radical (unpaired) electrons. The smallest absolute Gasteiger partial charge is 0.395 e. The second kappa shape index (κ2) is 7.50. The highest BCUT2D eigenvalue weighted by Gasteiger charge is 2.43. The molecule has 0 saturated carbocycles. The molecule has 0 N–H and O–H groups in total. The third kappa shape index (κ3) is 4.18. The number of fused-ring (bicyclic) bond motifs is 1. The van der Waals surface area contributed by atoms with Gasteiger partial charge in [0.1, 0.15) is 0 Å². The number of halogens is 2. The molecule has 1 aromatic heterocycles. The van der Waals surface area contributed by atoms with Crippen molar-refractivity contribution in [3.8, 4) is 11.5 Å². The van der Waals surface area contributed by atoms with Gasteiger partial charge in [0.15, 0.2) is 11.5 Å². The zero-order valence-corrected chi connectivity index (χ0v) is 15.3. The molecule has 0 bridgehead atoms. The molecule has 7 nitrogen and oxygen atoms in total. The molecule has 0 unspecified atom stereocenters. The molecule has 2 aliphatic heterocycles. The number of rotatable bonds is 3. The highest BCUT2D eigenvalue weighted by atomic mass is 19.3. The van der Waals surface area contributed by atoms with Crippen molar-refractivity contribution in [2.75, 3.05) is 26.2 Å². The SMILES string of the molecule is O=C(/C=C/c1cccnc1)N1CCN(C(=O)c2ccc3c(c2)OC(F)(F)O3)CC1. The predicted molar refractivity (Wildman–Crippen MR) is 98.4 cm³/mol. The highest BCUT2D eigenvalue weighted by Crippen LogP contribution is 2.41. The lowest BCUT2D eigenvalue weighted by molar-refractivity contribution is -0.286. The summed E-state index contributed by atoms with van der Waals surface area (Å²) in [4.78, 5) is 32.2. The van der Waals surface area contributed by atoms with E-state index in [9.17, 15) is 18.4 Å². The van der Waals surface area contributed by atoms with Crippen LogP contribution >= 0.6 is 0 Å². The highest BCUT2D eigenvalue weighted by molar-refractivity contribution is 5.95. The lowest BCUT2D eigenvalue weighted by Gasteiger charge is -2.34. The number of nitrogens with zero attached hydrogens (tertiary/aromatic N) is 3. The normalized spacial score (nSPS) is 17.6. The lowest BCUT2D eigenvalue weighted by Crippen LogP contribution is -2.50. The van der Waals surface area contributed by atoms with Crippen LogP contribution in [0.5, 0.6) is 11.5 Å². The van der Waals surface area contributed by atoms with E-state index in [1.807, 2.05) is 6.07 Å². The lowest BCUT2D eigenvalue weighted by atomic mass is 10.1. The molecule has 0 atom stereocenters. The van der Waals surface area contributed by atoms with Crippen LogP contribution in [0.25, 0.3) is 6.08 Å². The first-order valence-corrected chi connectivity index (χ1v) is 8.97. The fourth-order valence-corrected chi connectivity index (χ4v) is 3.14. The fraction of sp³-hybridized carbons (Fsp3) is 0.250. The molecule has 2 aliphatic rings. The number of ether oxygens (including phenoxy) is 2. The molecule has 1 saturated heterocycles. The van der Waals surface area contributed by atoms with Crippen LogP contribution < -0.4 is 9.47 Å². The summed E-state index contributed by atoms with van der Waals surface area (Å²) in [6, 6.07) is 7.57. The Morgan fingerprint density at radius 1 is 1.03 bits per heavy atom. The zero-order valence-electron chi connectivity index (χ0n) is 15.3. The Balaban J connectivity index is 1.34. The monoisotopic (exact) mass is 401 g/mol. The summed E-state index contributed by atoms with van der Waals surface area (Å²) in [5.74, 6) is -0.742. The summed E-state index contributed by atoms with van der Waals surface area (Å²) in [7, 11) is 0. The number of pyridine rings is 1. The zero-order chi connectivity index (χ0) is 20.4. The molecular formula is C20H17F2N3O4. The van der Waals surface area contributed by atoms with E-state index in [1.165, 1.54) is 24.3 Å². The minimum atomic E-state index is -3.72. The first kappa shape index (κ1) is 18.9. The summed E-state index contributed by atoms with van der Waals surface area (Å²) >= 11 is 0. The first-order chi connectivity index (χ1) is 13.9. The van der Waals surface area contributed by atoms with Gasteiger partial charge in [0.2, 0.25) is 5.91 Å². The van der Waals surface area contributed by atoms with Gasteiger partial charge >= 0.3 is 6.29 Å². The number of hydrogen-bond donors (Lipinski definition) is 0. The standard InChI is InChI=1S/C20H17F2N3O4/c21-20(22)28-16-5-4-15(12-17(16)29-20)19(27)25-10-8-24(9-11-25)18(26)6-3-14-2-1-7-23-13-14/h1-7,12-13H,8-11H2/b6-3+. The largest absolute Gasteiger partial charge is 0.586 e. The summed E-state index contributed by atoms with van der Waals surface area (Å²) in [5, 5.41) is 0. The molecule has 2 amide bonds. The molecule has 1 fully saturated rings. The van der Waals surface area contributed by atoms with Crippen molar-refractivity contribution in [3.63, 3.8) is 0 Å². The Labute approximate surface area is 165 Å². The number of piperazine rings is 1. The van der Waals surface area contributed by atoms with Crippen LogP contribution in [0.3, 0.4) is 0 Å². The molecule has 4 rings (SSSR count). The van der Waals surface area contributed by atoms with Gasteiger partial charge < -0.3 is 19.3 Å². The third-order valence-corrected chi connectivity index (χ3v) is 4.63. The second-order valence-electron chi connectivity index (χ2n) is 6.57. The number of carbonyl (C=O) groups excluding carboxylic acids is 2. The van der Waals surface area contributed by atoms with Crippen LogP contribution in [0.4, 0.5) is 8.78 Å². The van der Waals surface area contributed by atoms with E-state index in [1.54, 1.807) is 34.3 Å². The Kier molecular flexibility index (Phi) is 4.87. The van der Waals surface area contributed by atoms with Gasteiger partial charge in [-0.1, -0.05) is 6.07 Å². The summed E-state index contributed by atoms with van der Waals surface area (Å²) in [6.45, 7) is 1.45. The van der Waals surface area contributed by atoms with Crippen LogP contribution in [0, 0.1) is 0 Å². The molecule has 9 heteroatoms. The maximum atomic E-state index is 13.1. The van der Waals surface area contributed by atoms with Crippen LogP contribution in [0.2, 0.25) is 0 Å². The van der Waals surface area contributed by atoms with Gasteiger partial charge in [-0.05, 0) is 35.9 Å². The van der Waals surface area contributed by atoms with Crippen LogP contribution in [0.15, 0.2) is 48.8 Å².